The van der Waals surface area contributed by atoms with Crippen LogP contribution in [0.2, 0.25) is 0 Å². The van der Waals surface area contributed by atoms with Crippen molar-refractivity contribution in [2.75, 3.05) is 32.1 Å². The number of hydrogen-bond donors (Lipinski definition) is 2. The van der Waals surface area contributed by atoms with Crippen molar-refractivity contribution in [3.63, 3.8) is 0 Å². The first-order chi connectivity index (χ1) is 17.8. The van der Waals surface area contributed by atoms with Crippen LogP contribution in [0.3, 0.4) is 0 Å². The van der Waals surface area contributed by atoms with E-state index in [2.05, 4.69) is 10.3 Å². The number of ether oxygens (including phenoxy) is 1. The Morgan fingerprint density at radius 2 is 1.92 bits per heavy atom. The number of aromatic nitrogens is 1. The number of nitrogens with zero attached hydrogens (tertiary/aromatic N) is 3. The maximum Gasteiger partial charge on any atom is 0.321 e. The van der Waals surface area contributed by atoms with Gasteiger partial charge in [-0.05, 0) is 30.7 Å². The van der Waals surface area contributed by atoms with Gasteiger partial charge in [-0.3, -0.25) is 4.79 Å². The van der Waals surface area contributed by atoms with Crippen molar-refractivity contribution < 1.29 is 23.8 Å². The highest BCUT2D eigenvalue weighted by atomic mass is 19.1. The number of carbonyl (C=O) groups excluding carboxylic acids is 2. The summed E-state index contributed by atoms with van der Waals surface area (Å²) < 4.78 is 20.3. The molecule has 2 N–H and O–H groups in total. The van der Waals surface area contributed by atoms with Crippen molar-refractivity contribution in [3.05, 3.63) is 78.2 Å². The molecule has 0 saturated carbocycles. The molecular weight excluding hydrogens is 475 g/mol. The number of likely N-dealkylation sites (N-methyl/N-ethyl adjacent to an activating group) is 1. The van der Waals surface area contributed by atoms with Crippen molar-refractivity contribution in [2.45, 2.75) is 26.0 Å². The second kappa shape index (κ2) is 11.4. The van der Waals surface area contributed by atoms with Crippen molar-refractivity contribution in [2.24, 2.45) is 5.92 Å². The predicted octanol–water partition coefficient (Wildman–Crippen LogP) is 4.27. The van der Waals surface area contributed by atoms with E-state index in [0.29, 0.717) is 6.54 Å². The molecule has 37 heavy (non-hydrogen) atoms. The van der Waals surface area contributed by atoms with Gasteiger partial charge in [-0.25, -0.2) is 14.2 Å². The number of pyridine rings is 1. The van der Waals surface area contributed by atoms with Crippen LogP contribution in [-0.4, -0.2) is 70.7 Å². The number of hydrogen-bond acceptors (Lipinski definition) is 5. The van der Waals surface area contributed by atoms with E-state index in [4.69, 9.17) is 4.74 Å². The van der Waals surface area contributed by atoms with E-state index in [-0.39, 0.29) is 42.1 Å². The highest BCUT2D eigenvalue weighted by molar-refractivity contribution is 5.98. The van der Waals surface area contributed by atoms with E-state index in [1.165, 1.54) is 17.0 Å². The first-order valence-corrected chi connectivity index (χ1v) is 12.2. The summed E-state index contributed by atoms with van der Waals surface area (Å²) in [5, 5.41) is 12.4. The maximum atomic E-state index is 14.0. The number of fused-ring (bicyclic) bond motifs is 1. The molecule has 1 aliphatic heterocycles. The highest BCUT2D eigenvalue weighted by Gasteiger charge is 2.34. The highest BCUT2D eigenvalue weighted by Crippen LogP contribution is 2.30. The average molecular weight is 507 g/mol. The molecule has 194 valence electrons. The zero-order valence-corrected chi connectivity index (χ0v) is 21.1. The van der Waals surface area contributed by atoms with Gasteiger partial charge in [0, 0.05) is 31.3 Å². The number of urea groups is 1. The summed E-state index contributed by atoms with van der Waals surface area (Å²) in [6.45, 7) is 3.98. The summed E-state index contributed by atoms with van der Waals surface area (Å²) in [6, 6.07) is 16.4. The van der Waals surface area contributed by atoms with Gasteiger partial charge in [0.1, 0.15) is 17.5 Å². The number of para-hydroxylation sites is 1. The lowest BCUT2D eigenvalue weighted by atomic mass is 9.99. The van der Waals surface area contributed by atoms with Crippen LogP contribution < -0.4 is 10.1 Å². The first kappa shape index (κ1) is 26.1. The Morgan fingerprint density at radius 1 is 1.22 bits per heavy atom. The molecule has 9 heteroatoms. The summed E-state index contributed by atoms with van der Waals surface area (Å²) in [6.07, 6.45) is 1.13. The third kappa shape index (κ3) is 5.89. The van der Waals surface area contributed by atoms with Crippen LogP contribution in [0, 0.1) is 11.7 Å². The number of carbonyl (C=O) groups is 2. The smallest absolute Gasteiger partial charge is 0.321 e. The Kier molecular flexibility index (Phi) is 8.03. The van der Waals surface area contributed by atoms with Crippen molar-refractivity contribution in [3.8, 4) is 17.0 Å². The standard InChI is InChI=1S/C28H31FN4O4/c1-18-15-33(19(2)17-34)27(35)22-13-21(20-9-5-4-6-10-20)14-30-26(22)37-25(18)16-32(3)28(36)31-24-12-8-7-11-23(24)29/h4-14,18-19,25,34H,15-17H2,1-3H3,(H,31,36)/t18-,19+,25+/m0/s1. The van der Waals surface area contributed by atoms with Gasteiger partial charge in [0.15, 0.2) is 0 Å². The van der Waals surface area contributed by atoms with Crippen LogP contribution in [0.1, 0.15) is 24.2 Å². The number of rotatable bonds is 6. The molecule has 0 bridgehead atoms. The molecule has 3 atom stereocenters. The molecule has 3 aromatic rings. The van der Waals surface area contributed by atoms with Crippen molar-refractivity contribution in [1.82, 2.24) is 14.8 Å². The molecule has 8 nitrogen and oxygen atoms in total. The van der Waals surface area contributed by atoms with E-state index < -0.39 is 24.0 Å². The lowest BCUT2D eigenvalue weighted by molar-refractivity contribution is 0.0356. The van der Waals surface area contributed by atoms with Gasteiger partial charge in [0.25, 0.3) is 5.91 Å². The minimum absolute atomic E-state index is 0.0833. The average Bonchev–Trinajstić information content (AvgIpc) is 2.91. The van der Waals surface area contributed by atoms with Crippen LogP contribution in [0.25, 0.3) is 11.1 Å². The van der Waals surface area contributed by atoms with Gasteiger partial charge in [-0.1, -0.05) is 49.4 Å². The molecule has 0 unspecified atom stereocenters. The molecule has 1 aliphatic rings. The van der Waals surface area contributed by atoms with Gasteiger partial charge in [0.05, 0.1) is 24.9 Å². The Bertz CT molecular complexity index is 1260. The van der Waals surface area contributed by atoms with E-state index >= 15 is 0 Å². The lowest BCUT2D eigenvalue weighted by Gasteiger charge is -2.37. The molecule has 0 spiro atoms. The minimum atomic E-state index is -0.528. The van der Waals surface area contributed by atoms with Crippen LogP contribution >= 0.6 is 0 Å². The number of amides is 3. The number of aliphatic hydroxyl groups excluding tert-OH is 1. The zero-order chi connectivity index (χ0) is 26.5. The van der Waals surface area contributed by atoms with Gasteiger partial charge < -0.3 is 25.0 Å². The molecular formula is C28H31FN4O4. The summed E-state index contributed by atoms with van der Waals surface area (Å²) in [5.74, 6) is -0.846. The molecule has 0 radical (unpaired) electrons. The first-order valence-electron chi connectivity index (χ1n) is 12.2. The van der Waals surface area contributed by atoms with E-state index in [1.54, 1.807) is 43.3 Å². The Balaban J connectivity index is 1.62. The number of benzene rings is 2. The summed E-state index contributed by atoms with van der Waals surface area (Å²) >= 11 is 0. The van der Waals surface area contributed by atoms with Gasteiger partial charge in [-0.15, -0.1) is 0 Å². The van der Waals surface area contributed by atoms with Crippen LogP contribution in [0.4, 0.5) is 14.9 Å². The van der Waals surface area contributed by atoms with Crippen LogP contribution in [0.15, 0.2) is 66.9 Å². The molecule has 2 heterocycles. The molecule has 2 aromatic carbocycles. The topological polar surface area (TPSA) is 95.0 Å². The fourth-order valence-electron chi connectivity index (χ4n) is 4.23. The molecule has 0 saturated heterocycles. The second-order valence-corrected chi connectivity index (χ2v) is 9.36. The van der Waals surface area contributed by atoms with Crippen LogP contribution in [0.5, 0.6) is 5.88 Å². The fourth-order valence-corrected chi connectivity index (χ4v) is 4.23. The molecule has 4 rings (SSSR count). The normalized spacial score (nSPS) is 18.2. The van der Waals surface area contributed by atoms with Crippen molar-refractivity contribution >= 4 is 17.6 Å². The Morgan fingerprint density at radius 3 is 2.62 bits per heavy atom. The molecule has 0 aliphatic carbocycles. The number of anilines is 1. The number of aliphatic hydroxyl groups is 1. The summed E-state index contributed by atoms with van der Waals surface area (Å²) in [7, 11) is 1.59. The SMILES string of the molecule is C[C@H](CO)N1C[C@H](C)[C@@H](CN(C)C(=O)Nc2ccccc2F)Oc2ncc(-c3ccccc3)cc2C1=O. The monoisotopic (exact) mass is 506 g/mol. The minimum Gasteiger partial charge on any atom is -0.472 e. The van der Waals surface area contributed by atoms with Gasteiger partial charge in [0.2, 0.25) is 5.88 Å². The fraction of sp³-hybridized carbons (Fsp3) is 0.321. The van der Waals surface area contributed by atoms with E-state index in [9.17, 15) is 19.1 Å². The third-order valence-corrected chi connectivity index (χ3v) is 6.54. The molecule has 0 fully saturated rings. The quantitative estimate of drug-likeness (QED) is 0.521. The van der Waals surface area contributed by atoms with Gasteiger partial charge >= 0.3 is 6.03 Å². The van der Waals surface area contributed by atoms with Crippen molar-refractivity contribution in [1.29, 1.82) is 0 Å². The molecule has 3 amide bonds. The van der Waals surface area contributed by atoms with Crippen LogP contribution in [-0.2, 0) is 0 Å². The van der Waals surface area contributed by atoms with E-state index in [0.717, 1.165) is 11.1 Å². The summed E-state index contributed by atoms with van der Waals surface area (Å²) in [5.41, 5.74) is 2.04. The predicted molar refractivity (Wildman–Crippen MR) is 139 cm³/mol. The largest absolute Gasteiger partial charge is 0.472 e. The number of halogens is 1. The van der Waals surface area contributed by atoms with Gasteiger partial charge in [-0.2, -0.15) is 0 Å². The second-order valence-electron chi connectivity index (χ2n) is 9.36. The number of nitrogens with one attached hydrogen (secondary N) is 1. The molecule has 1 aromatic heterocycles. The lowest BCUT2D eigenvalue weighted by Crippen LogP contribution is -2.50. The Hall–Kier alpha value is -3.98. The maximum absolute atomic E-state index is 14.0. The Labute approximate surface area is 215 Å². The summed E-state index contributed by atoms with van der Waals surface area (Å²) in [4.78, 5) is 33.9. The van der Waals surface area contributed by atoms with E-state index in [1.807, 2.05) is 37.3 Å². The third-order valence-electron chi connectivity index (χ3n) is 6.54. The zero-order valence-electron chi connectivity index (χ0n) is 21.1.